The van der Waals surface area contributed by atoms with Crippen LogP contribution in [0.2, 0.25) is 0 Å². The molecule has 7 nitrogen and oxygen atoms in total. The van der Waals surface area contributed by atoms with Gasteiger partial charge in [-0.2, -0.15) is 0 Å². The smallest absolute Gasteiger partial charge is 0.338 e. The Morgan fingerprint density at radius 2 is 2.13 bits per heavy atom. The monoisotopic (exact) mass is 318 g/mol. The van der Waals surface area contributed by atoms with Gasteiger partial charge in [0.1, 0.15) is 11.4 Å². The number of carbonyl (C=O) groups excluding carboxylic acids is 2. The van der Waals surface area contributed by atoms with E-state index in [1.54, 1.807) is 19.1 Å². The molecule has 0 spiro atoms. The van der Waals surface area contributed by atoms with Crippen LogP contribution < -0.4 is 14.8 Å². The largest absolute Gasteiger partial charge is 0.465 e. The molecule has 0 saturated carbocycles. The standard InChI is InChI=1S/C16H18N2O5/c1-8(2)16(3)15(20)17-13(18-16)11-9(14(19)21-4)5-6-10-12(11)23-7-22-10/h5-6,8H,7H2,1-4H3,(H,17,18,20). The van der Waals surface area contributed by atoms with Crippen molar-refractivity contribution in [1.29, 1.82) is 0 Å². The van der Waals surface area contributed by atoms with Crippen molar-refractivity contribution in [3.63, 3.8) is 0 Å². The van der Waals surface area contributed by atoms with Crippen molar-refractivity contribution < 1.29 is 23.8 Å². The first kappa shape index (κ1) is 15.3. The van der Waals surface area contributed by atoms with Crippen molar-refractivity contribution in [3.8, 4) is 11.5 Å². The van der Waals surface area contributed by atoms with Gasteiger partial charge in [-0.3, -0.25) is 9.79 Å². The first-order valence-corrected chi connectivity index (χ1v) is 7.31. The predicted octanol–water partition coefficient (Wildman–Crippen LogP) is 1.49. The molecule has 122 valence electrons. The van der Waals surface area contributed by atoms with Crippen molar-refractivity contribution in [3.05, 3.63) is 23.3 Å². The second-order valence-corrected chi connectivity index (χ2v) is 5.93. The van der Waals surface area contributed by atoms with Gasteiger partial charge in [-0.25, -0.2) is 4.79 Å². The lowest BCUT2D eigenvalue weighted by Crippen LogP contribution is -2.41. The molecular weight excluding hydrogens is 300 g/mol. The minimum absolute atomic E-state index is 0.00416. The van der Waals surface area contributed by atoms with Gasteiger partial charge in [0.25, 0.3) is 5.91 Å². The highest BCUT2D eigenvalue weighted by atomic mass is 16.7. The molecule has 2 aliphatic heterocycles. The number of hydrogen-bond donors (Lipinski definition) is 1. The number of amides is 1. The number of aliphatic imine (C=N–C) groups is 1. The van der Waals surface area contributed by atoms with Crippen LogP contribution in [0, 0.1) is 5.92 Å². The molecule has 1 unspecified atom stereocenters. The van der Waals surface area contributed by atoms with E-state index in [-0.39, 0.29) is 24.2 Å². The molecule has 0 bridgehead atoms. The van der Waals surface area contributed by atoms with Gasteiger partial charge in [0.15, 0.2) is 11.5 Å². The van der Waals surface area contributed by atoms with Gasteiger partial charge in [-0.1, -0.05) is 13.8 Å². The fraction of sp³-hybridized carbons (Fsp3) is 0.438. The summed E-state index contributed by atoms with van der Waals surface area (Å²) in [7, 11) is 1.30. The molecule has 0 radical (unpaired) electrons. The molecule has 2 aliphatic rings. The maximum absolute atomic E-state index is 12.4. The van der Waals surface area contributed by atoms with Crippen LogP contribution in [0.1, 0.15) is 36.7 Å². The SMILES string of the molecule is COC(=O)c1ccc2c(c1C1=NC(C)(C(C)C)C(=O)N1)OCO2. The van der Waals surface area contributed by atoms with E-state index in [9.17, 15) is 9.59 Å². The zero-order valence-corrected chi connectivity index (χ0v) is 13.4. The fourth-order valence-corrected chi connectivity index (χ4v) is 2.54. The maximum atomic E-state index is 12.4. The van der Waals surface area contributed by atoms with Crippen LogP contribution in [0.3, 0.4) is 0 Å². The summed E-state index contributed by atoms with van der Waals surface area (Å²) in [5.41, 5.74) is -0.237. The van der Waals surface area contributed by atoms with Gasteiger partial charge in [0.05, 0.1) is 18.2 Å². The van der Waals surface area contributed by atoms with Crippen LogP contribution in [0.5, 0.6) is 11.5 Å². The topological polar surface area (TPSA) is 86.2 Å². The number of nitrogens with zero attached hydrogens (tertiary/aromatic N) is 1. The molecule has 2 heterocycles. The summed E-state index contributed by atoms with van der Waals surface area (Å²) in [6.45, 7) is 5.65. The van der Waals surface area contributed by atoms with Crippen LogP contribution in [-0.2, 0) is 9.53 Å². The van der Waals surface area contributed by atoms with E-state index in [0.29, 0.717) is 22.9 Å². The summed E-state index contributed by atoms with van der Waals surface area (Å²) >= 11 is 0. The van der Waals surface area contributed by atoms with Gasteiger partial charge in [-0.05, 0) is 25.0 Å². The average Bonchev–Trinajstić information content (AvgIpc) is 3.11. The number of carbonyl (C=O) groups is 2. The number of rotatable bonds is 3. The minimum Gasteiger partial charge on any atom is -0.465 e. The van der Waals surface area contributed by atoms with E-state index in [4.69, 9.17) is 14.2 Å². The van der Waals surface area contributed by atoms with Gasteiger partial charge in [0, 0.05) is 0 Å². The van der Waals surface area contributed by atoms with E-state index in [1.807, 2.05) is 13.8 Å². The number of benzene rings is 1. The van der Waals surface area contributed by atoms with Gasteiger partial charge < -0.3 is 19.5 Å². The predicted molar refractivity (Wildman–Crippen MR) is 81.8 cm³/mol. The van der Waals surface area contributed by atoms with Crippen molar-refractivity contribution >= 4 is 17.7 Å². The summed E-state index contributed by atoms with van der Waals surface area (Å²) < 4.78 is 15.6. The number of hydrogen-bond acceptors (Lipinski definition) is 6. The number of esters is 1. The Hall–Kier alpha value is -2.57. The lowest BCUT2D eigenvalue weighted by molar-refractivity contribution is -0.124. The van der Waals surface area contributed by atoms with Crippen LogP contribution in [0.4, 0.5) is 0 Å². The van der Waals surface area contributed by atoms with Crippen LogP contribution in [-0.4, -0.2) is 37.2 Å². The molecule has 3 rings (SSSR count). The van der Waals surface area contributed by atoms with Crippen molar-refractivity contribution in [2.24, 2.45) is 10.9 Å². The molecule has 1 aromatic carbocycles. The second kappa shape index (κ2) is 5.26. The molecule has 1 atom stereocenters. The molecule has 1 aromatic rings. The zero-order chi connectivity index (χ0) is 16.8. The van der Waals surface area contributed by atoms with E-state index in [1.165, 1.54) is 7.11 Å². The Morgan fingerprint density at radius 3 is 2.74 bits per heavy atom. The van der Waals surface area contributed by atoms with Crippen molar-refractivity contribution in [1.82, 2.24) is 5.32 Å². The van der Waals surface area contributed by atoms with E-state index >= 15 is 0 Å². The van der Waals surface area contributed by atoms with Gasteiger partial charge in [0.2, 0.25) is 6.79 Å². The number of nitrogens with one attached hydrogen (secondary N) is 1. The molecule has 1 N–H and O–H groups in total. The maximum Gasteiger partial charge on any atom is 0.338 e. The minimum atomic E-state index is -0.898. The summed E-state index contributed by atoms with van der Waals surface area (Å²) in [4.78, 5) is 29.0. The van der Waals surface area contributed by atoms with E-state index in [2.05, 4.69) is 10.3 Å². The third-order valence-electron chi connectivity index (χ3n) is 4.34. The number of methoxy groups -OCH3 is 1. The molecule has 0 saturated heterocycles. The number of ether oxygens (including phenoxy) is 3. The van der Waals surface area contributed by atoms with E-state index in [0.717, 1.165) is 0 Å². The Kier molecular flexibility index (Phi) is 3.50. The molecule has 1 amide bonds. The average molecular weight is 318 g/mol. The lowest BCUT2D eigenvalue weighted by Gasteiger charge is -2.21. The highest BCUT2D eigenvalue weighted by molar-refractivity contribution is 6.20. The van der Waals surface area contributed by atoms with Crippen LogP contribution in [0.25, 0.3) is 0 Å². The van der Waals surface area contributed by atoms with Crippen molar-refractivity contribution in [2.75, 3.05) is 13.9 Å². The highest BCUT2D eigenvalue weighted by Crippen LogP contribution is 2.39. The summed E-state index contributed by atoms with van der Waals surface area (Å²) in [6.07, 6.45) is 0. The quantitative estimate of drug-likeness (QED) is 0.853. The molecule has 23 heavy (non-hydrogen) atoms. The molecule has 0 aromatic heterocycles. The Morgan fingerprint density at radius 1 is 1.39 bits per heavy atom. The zero-order valence-electron chi connectivity index (χ0n) is 13.4. The second-order valence-electron chi connectivity index (χ2n) is 5.93. The first-order chi connectivity index (χ1) is 10.9. The fourth-order valence-electron chi connectivity index (χ4n) is 2.54. The normalized spacial score (nSPS) is 22.1. The lowest BCUT2D eigenvalue weighted by atomic mass is 9.89. The summed E-state index contributed by atoms with van der Waals surface area (Å²) in [5.74, 6) is 0.440. The van der Waals surface area contributed by atoms with E-state index < -0.39 is 11.5 Å². The summed E-state index contributed by atoms with van der Waals surface area (Å²) in [6, 6.07) is 3.21. The number of amidine groups is 1. The Balaban J connectivity index is 2.18. The molecule has 0 fully saturated rings. The Bertz CT molecular complexity index is 725. The Labute approximate surface area is 133 Å². The van der Waals surface area contributed by atoms with Crippen molar-refractivity contribution in [2.45, 2.75) is 26.3 Å². The van der Waals surface area contributed by atoms with Gasteiger partial charge in [-0.15, -0.1) is 0 Å². The molecule has 0 aliphatic carbocycles. The third kappa shape index (κ3) is 2.23. The van der Waals surface area contributed by atoms with Crippen LogP contribution >= 0.6 is 0 Å². The first-order valence-electron chi connectivity index (χ1n) is 7.31. The van der Waals surface area contributed by atoms with Gasteiger partial charge >= 0.3 is 5.97 Å². The highest BCUT2D eigenvalue weighted by Gasteiger charge is 2.44. The summed E-state index contributed by atoms with van der Waals surface area (Å²) in [5, 5.41) is 2.76. The number of fused-ring (bicyclic) bond motifs is 1. The molecule has 7 heteroatoms. The molecular formula is C16H18N2O5. The third-order valence-corrected chi connectivity index (χ3v) is 4.34. The van der Waals surface area contributed by atoms with Crippen LogP contribution in [0.15, 0.2) is 17.1 Å².